The van der Waals surface area contributed by atoms with E-state index in [0.717, 1.165) is 0 Å². The summed E-state index contributed by atoms with van der Waals surface area (Å²) in [6.07, 6.45) is 0.975. The number of nitrogens with one attached hydrogen (secondary N) is 3. The fourth-order valence-electron chi connectivity index (χ4n) is 4.35. The van der Waals surface area contributed by atoms with Crippen molar-refractivity contribution in [2.24, 2.45) is 5.92 Å². The van der Waals surface area contributed by atoms with Crippen LogP contribution in [0.5, 0.6) is 5.75 Å². The molecule has 4 rings (SSSR count). The second-order valence-corrected chi connectivity index (χ2v) is 8.42. The Morgan fingerprint density at radius 1 is 1.11 bits per heavy atom. The number of hydrogen-bond donors (Lipinski definition) is 3. The van der Waals surface area contributed by atoms with E-state index in [1.165, 1.54) is 0 Å². The number of fused-ring (bicyclic) bond motifs is 1. The van der Waals surface area contributed by atoms with E-state index in [4.69, 9.17) is 9.47 Å². The number of piperidine rings is 1. The number of H-pyrrole nitrogens is 1. The van der Waals surface area contributed by atoms with E-state index in [-0.39, 0.29) is 29.7 Å². The number of carbonyl (C=O) groups excluding carboxylic acids is 3. The first-order chi connectivity index (χ1) is 16.9. The number of benzene rings is 1. The maximum Gasteiger partial charge on any atom is 0.309 e. The monoisotopic (exact) mass is 483 g/mol. The molecular weight excluding hydrogens is 454 g/mol. The zero-order chi connectivity index (χ0) is 24.9. The fourth-order valence-corrected chi connectivity index (χ4v) is 4.35. The van der Waals surface area contributed by atoms with Crippen molar-refractivity contribution in [3.05, 3.63) is 40.2 Å². The summed E-state index contributed by atoms with van der Waals surface area (Å²) < 4.78 is 10.5. The molecule has 1 atom stereocenters. The highest BCUT2D eigenvalue weighted by atomic mass is 16.5. The normalized spacial score (nSPS) is 17.8. The Morgan fingerprint density at radius 2 is 1.83 bits per heavy atom. The van der Waals surface area contributed by atoms with Crippen LogP contribution in [0.15, 0.2) is 29.1 Å². The van der Waals surface area contributed by atoms with Gasteiger partial charge < -0.3 is 25.0 Å². The third kappa shape index (κ3) is 5.44. The van der Waals surface area contributed by atoms with E-state index < -0.39 is 23.3 Å². The third-order valence-electron chi connectivity index (χ3n) is 6.10. The highest BCUT2D eigenvalue weighted by Gasteiger charge is 2.36. The summed E-state index contributed by atoms with van der Waals surface area (Å²) in [6.45, 7) is 5.52. The van der Waals surface area contributed by atoms with Crippen LogP contribution >= 0.6 is 0 Å². The Labute approximate surface area is 202 Å². The number of esters is 1. The van der Waals surface area contributed by atoms with Crippen LogP contribution in [0, 0.1) is 5.92 Å². The molecular formula is C24H29N5O6. The van der Waals surface area contributed by atoms with Crippen molar-refractivity contribution in [2.45, 2.75) is 39.0 Å². The molecule has 1 aromatic heterocycles. The summed E-state index contributed by atoms with van der Waals surface area (Å²) in [4.78, 5) is 59.5. The third-order valence-corrected chi connectivity index (χ3v) is 6.10. The fraction of sp³-hybridized carbons (Fsp3) is 0.458. The van der Waals surface area contributed by atoms with Crippen LogP contribution in [0.2, 0.25) is 0 Å². The molecule has 0 aliphatic carbocycles. The van der Waals surface area contributed by atoms with Crippen LogP contribution in [-0.2, 0) is 19.1 Å². The number of hydrogen-bond acceptors (Lipinski definition) is 8. The lowest BCUT2D eigenvalue weighted by molar-refractivity contribution is -0.148. The molecule has 3 heterocycles. The van der Waals surface area contributed by atoms with Crippen molar-refractivity contribution in [2.75, 3.05) is 41.8 Å². The predicted octanol–water partition coefficient (Wildman–Crippen LogP) is 2.01. The van der Waals surface area contributed by atoms with Crippen molar-refractivity contribution in [1.29, 1.82) is 0 Å². The molecule has 35 heavy (non-hydrogen) atoms. The molecule has 1 fully saturated rings. The van der Waals surface area contributed by atoms with Gasteiger partial charge in [-0.05, 0) is 51.0 Å². The second-order valence-electron chi connectivity index (χ2n) is 8.42. The van der Waals surface area contributed by atoms with Crippen LogP contribution in [0.3, 0.4) is 0 Å². The zero-order valence-corrected chi connectivity index (χ0v) is 19.8. The molecule has 2 amide bonds. The Hall–Kier alpha value is -3.89. The molecule has 0 spiro atoms. The maximum atomic E-state index is 13.0. The average Bonchev–Trinajstić information content (AvgIpc) is 2.85. The maximum absolute atomic E-state index is 13.0. The summed E-state index contributed by atoms with van der Waals surface area (Å²) in [6, 6.07) is 6.84. The smallest absolute Gasteiger partial charge is 0.309 e. The molecule has 186 valence electrons. The number of nitrogens with zero attached hydrogens (tertiary/aromatic N) is 2. The largest absolute Gasteiger partial charge is 0.494 e. The van der Waals surface area contributed by atoms with Crippen molar-refractivity contribution in [1.82, 2.24) is 9.97 Å². The summed E-state index contributed by atoms with van der Waals surface area (Å²) in [5, 5.41) is 5.39. The van der Waals surface area contributed by atoms with Gasteiger partial charge in [0.1, 0.15) is 11.6 Å². The highest BCUT2D eigenvalue weighted by Crippen LogP contribution is 2.31. The number of carbonyl (C=O) groups is 3. The zero-order valence-electron chi connectivity index (χ0n) is 19.8. The molecule has 11 heteroatoms. The topological polar surface area (TPSA) is 143 Å². The van der Waals surface area contributed by atoms with Gasteiger partial charge in [0.15, 0.2) is 0 Å². The SMILES string of the molecule is CCOC(=O)C1CCN(c2nc3c(c(=O)[nH]2)C(C(=O)Nc2ccc(OCC)cc2)CC(=O)N3)CC1. The molecule has 1 unspecified atom stereocenters. The minimum absolute atomic E-state index is 0.0827. The van der Waals surface area contributed by atoms with E-state index in [9.17, 15) is 19.2 Å². The van der Waals surface area contributed by atoms with Crippen LogP contribution in [0.4, 0.5) is 17.5 Å². The molecule has 0 bridgehead atoms. The summed E-state index contributed by atoms with van der Waals surface area (Å²) >= 11 is 0. The number of anilines is 3. The Balaban J connectivity index is 1.50. The lowest BCUT2D eigenvalue weighted by Crippen LogP contribution is -2.41. The quantitative estimate of drug-likeness (QED) is 0.508. The van der Waals surface area contributed by atoms with Gasteiger partial charge in [-0.3, -0.25) is 24.2 Å². The first-order valence-electron chi connectivity index (χ1n) is 11.8. The second kappa shape index (κ2) is 10.6. The van der Waals surface area contributed by atoms with Crippen LogP contribution in [0.25, 0.3) is 0 Å². The van der Waals surface area contributed by atoms with Gasteiger partial charge in [-0.15, -0.1) is 0 Å². The van der Waals surface area contributed by atoms with Gasteiger partial charge in [0, 0.05) is 25.2 Å². The van der Waals surface area contributed by atoms with E-state index in [2.05, 4.69) is 20.6 Å². The van der Waals surface area contributed by atoms with Gasteiger partial charge >= 0.3 is 5.97 Å². The molecule has 1 aromatic carbocycles. The highest BCUT2D eigenvalue weighted by molar-refractivity contribution is 6.04. The van der Waals surface area contributed by atoms with E-state index >= 15 is 0 Å². The molecule has 0 radical (unpaired) electrons. The van der Waals surface area contributed by atoms with Crippen molar-refractivity contribution in [3.8, 4) is 5.75 Å². The Bertz CT molecular complexity index is 1150. The minimum Gasteiger partial charge on any atom is -0.494 e. The number of rotatable bonds is 7. The van der Waals surface area contributed by atoms with Gasteiger partial charge in [-0.2, -0.15) is 4.98 Å². The lowest BCUT2D eigenvalue weighted by Gasteiger charge is -2.32. The van der Waals surface area contributed by atoms with Crippen molar-refractivity contribution < 1.29 is 23.9 Å². The van der Waals surface area contributed by atoms with Gasteiger partial charge in [0.2, 0.25) is 17.8 Å². The van der Waals surface area contributed by atoms with Gasteiger partial charge in [0.25, 0.3) is 5.56 Å². The first kappa shape index (κ1) is 24.2. The van der Waals surface area contributed by atoms with Crippen LogP contribution < -0.4 is 25.8 Å². The van der Waals surface area contributed by atoms with Crippen LogP contribution in [-0.4, -0.2) is 54.1 Å². The number of amides is 2. The van der Waals surface area contributed by atoms with Crippen LogP contribution in [0.1, 0.15) is 44.6 Å². The first-order valence-corrected chi connectivity index (χ1v) is 11.8. The summed E-state index contributed by atoms with van der Waals surface area (Å²) in [5.41, 5.74) is 0.166. The number of ether oxygens (including phenoxy) is 2. The number of aromatic amines is 1. The minimum atomic E-state index is -0.981. The molecule has 0 saturated carbocycles. The van der Waals surface area contributed by atoms with Crippen molar-refractivity contribution >= 4 is 35.2 Å². The van der Waals surface area contributed by atoms with E-state index in [1.54, 1.807) is 31.2 Å². The number of aromatic nitrogens is 2. The average molecular weight is 484 g/mol. The molecule has 2 aliphatic heterocycles. The summed E-state index contributed by atoms with van der Waals surface area (Å²) in [7, 11) is 0. The summed E-state index contributed by atoms with van der Waals surface area (Å²) in [5.74, 6) is -1.20. The molecule has 3 N–H and O–H groups in total. The molecule has 1 saturated heterocycles. The molecule has 2 aliphatic rings. The standard InChI is InChI=1S/C24H29N5O6/c1-3-34-16-7-5-15(6-8-16)25-21(31)17-13-18(30)26-20-19(17)22(32)28-24(27-20)29-11-9-14(10-12-29)23(33)35-4-2/h5-8,14,17H,3-4,9-13H2,1-2H3,(H,25,31)(H2,26,27,28,30,32). The lowest BCUT2D eigenvalue weighted by atomic mass is 9.92. The molecule has 11 nitrogen and oxygen atoms in total. The van der Waals surface area contributed by atoms with E-state index in [1.807, 2.05) is 11.8 Å². The predicted molar refractivity (Wildman–Crippen MR) is 129 cm³/mol. The van der Waals surface area contributed by atoms with Gasteiger partial charge in [-0.25, -0.2) is 0 Å². The Kier molecular flexibility index (Phi) is 7.33. The van der Waals surface area contributed by atoms with Crippen molar-refractivity contribution in [3.63, 3.8) is 0 Å². The van der Waals surface area contributed by atoms with Gasteiger partial charge in [-0.1, -0.05) is 0 Å². The Morgan fingerprint density at radius 3 is 2.49 bits per heavy atom. The van der Waals surface area contributed by atoms with Gasteiger partial charge in [0.05, 0.1) is 30.6 Å². The van der Waals surface area contributed by atoms with E-state index in [0.29, 0.717) is 56.5 Å². The molecule has 2 aromatic rings.